The number of nitrogens with two attached hydrogens (primary N) is 1. The first-order valence-corrected chi connectivity index (χ1v) is 5.34. The van der Waals surface area contributed by atoms with Crippen LogP contribution in [0.5, 0.6) is 17.4 Å². The Morgan fingerprint density at radius 3 is 2.94 bits per heavy atom. The third-order valence-electron chi connectivity index (χ3n) is 2.19. The first kappa shape index (κ1) is 12.3. The van der Waals surface area contributed by atoms with E-state index < -0.39 is 5.56 Å². The molecule has 2 rings (SSSR count). The van der Waals surface area contributed by atoms with Crippen LogP contribution in [0.2, 0.25) is 5.02 Å². The van der Waals surface area contributed by atoms with Crippen LogP contribution in [-0.4, -0.2) is 17.1 Å². The number of hydrogen-bond donors (Lipinski definition) is 2. The summed E-state index contributed by atoms with van der Waals surface area (Å²) in [6.45, 7) is 0. The molecule has 0 spiro atoms. The van der Waals surface area contributed by atoms with E-state index in [0.717, 1.165) is 0 Å². The lowest BCUT2D eigenvalue weighted by atomic mass is 10.3. The number of nitrogens with zero attached hydrogens (tertiary/aromatic N) is 1. The van der Waals surface area contributed by atoms with E-state index in [1.54, 1.807) is 18.2 Å². The van der Waals surface area contributed by atoms with Gasteiger partial charge in [-0.3, -0.25) is 4.79 Å². The standard InChI is InChI=1S/C11H10ClN3O3/c1-17-8-4-6(2-3-7(8)12)18-11-9(13)10(16)14-5-15-11/h2-5H,13H2,1H3,(H,14,15,16). The van der Waals surface area contributed by atoms with Crippen LogP contribution in [0.3, 0.4) is 0 Å². The van der Waals surface area contributed by atoms with Gasteiger partial charge in [0.1, 0.15) is 11.5 Å². The van der Waals surface area contributed by atoms with Crippen LogP contribution in [0, 0.1) is 0 Å². The van der Waals surface area contributed by atoms with Gasteiger partial charge < -0.3 is 20.2 Å². The van der Waals surface area contributed by atoms with Gasteiger partial charge in [-0.1, -0.05) is 11.6 Å². The summed E-state index contributed by atoms with van der Waals surface area (Å²) in [5.74, 6) is 0.904. The lowest BCUT2D eigenvalue weighted by molar-refractivity contribution is 0.407. The van der Waals surface area contributed by atoms with E-state index in [-0.39, 0.29) is 11.6 Å². The molecule has 7 heteroatoms. The molecule has 1 heterocycles. The third-order valence-corrected chi connectivity index (χ3v) is 2.50. The van der Waals surface area contributed by atoms with Gasteiger partial charge in [-0.15, -0.1) is 0 Å². The highest BCUT2D eigenvalue weighted by Gasteiger charge is 2.09. The fourth-order valence-corrected chi connectivity index (χ4v) is 1.49. The minimum Gasteiger partial charge on any atom is -0.495 e. The number of nitrogens with one attached hydrogen (secondary N) is 1. The van der Waals surface area contributed by atoms with Crippen molar-refractivity contribution in [3.05, 3.63) is 39.9 Å². The van der Waals surface area contributed by atoms with Crippen LogP contribution in [-0.2, 0) is 0 Å². The van der Waals surface area contributed by atoms with Crippen molar-refractivity contribution in [1.82, 2.24) is 9.97 Å². The average Bonchev–Trinajstić information content (AvgIpc) is 2.37. The van der Waals surface area contributed by atoms with Crippen LogP contribution in [0.25, 0.3) is 0 Å². The van der Waals surface area contributed by atoms with E-state index in [1.165, 1.54) is 13.4 Å². The zero-order chi connectivity index (χ0) is 13.1. The van der Waals surface area contributed by atoms with E-state index in [1.807, 2.05) is 0 Å². The highest BCUT2D eigenvalue weighted by Crippen LogP contribution is 2.31. The average molecular weight is 268 g/mol. The lowest BCUT2D eigenvalue weighted by Crippen LogP contribution is -2.13. The molecule has 0 fully saturated rings. The summed E-state index contributed by atoms with van der Waals surface area (Å²) < 4.78 is 10.4. The van der Waals surface area contributed by atoms with Gasteiger partial charge in [-0.2, -0.15) is 0 Å². The molecule has 0 saturated carbocycles. The molecule has 2 aromatic rings. The van der Waals surface area contributed by atoms with Crippen molar-refractivity contribution < 1.29 is 9.47 Å². The summed E-state index contributed by atoms with van der Waals surface area (Å²) in [5, 5.41) is 0.455. The second-order valence-corrected chi connectivity index (χ2v) is 3.76. The Bertz CT molecular complexity index is 627. The Labute approximate surface area is 107 Å². The summed E-state index contributed by atoms with van der Waals surface area (Å²) in [7, 11) is 1.49. The number of aromatic nitrogens is 2. The van der Waals surface area contributed by atoms with Crippen LogP contribution >= 0.6 is 11.6 Å². The minimum absolute atomic E-state index is 0.0307. The Morgan fingerprint density at radius 1 is 1.44 bits per heavy atom. The van der Waals surface area contributed by atoms with E-state index in [9.17, 15) is 4.79 Å². The molecule has 0 aliphatic carbocycles. The summed E-state index contributed by atoms with van der Waals surface area (Å²) >= 11 is 5.88. The smallest absolute Gasteiger partial charge is 0.277 e. The first-order valence-electron chi connectivity index (χ1n) is 4.96. The molecule has 1 aromatic carbocycles. The van der Waals surface area contributed by atoms with Crippen molar-refractivity contribution in [1.29, 1.82) is 0 Å². The molecular formula is C11H10ClN3O3. The topological polar surface area (TPSA) is 90.2 Å². The Morgan fingerprint density at radius 2 is 2.22 bits per heavy atom. The normalized spacial score (nSPS) is 10.1. The van der Waals surface area contributed by atoms with Gasteiger partial charge in [-0.05, 0) is 12.1 Å². The number of hydrogen-bond acceptors (Lipinski definition) is 5. The van der Waals surface area contributed by atoms with Crippen molar-refractivity contribution in [3.8, 4) is 17.4 Å². The van der Waals surface area contributed by atoms with Gasteiger partial charge in [0, 0.05) is 6.07 Å². The van der Waals surface area contributed by atoms with E-state index in [2.05, 4.69) is 9.97 Å². The highest BCUT2D eigenvalue weighted by atomic mass is 35.5. The van der Waals surface area contributed by atoms with Crippen LogP contribution in [0.15, 0.2) is 29.3 Å². The number of benzene rings is 1. The summed E-state index contributed by atoms with van der Waals surface area (Å²) in [6.07, 6.45) is 1.21. The van der Waals surface area contributed by atoms with Crippen molar-refractivity contribution >= 4 is 17.3 Å². The second kappa shape index (κ2) is 4.97. The summed E-state index contributed by atoms with van der Waals surface area (Å²) in [5.41, 5.74) is 4.99. The van der Waals surface area contributed by atoms with Crippen LogP contribution in [0.4, 0.5) is 5.69 Å². The molecule has 1 aromatic heterocycles. The maximum absolute atomic E-state index is 11.3. The molecule has 6 nitrogen and oxygen atoms in total. The van der Waals surface area contributed by atoms with E-state index in [4.69, 9.17) is 26.8 Å². The minimum atomic E-state index is -0.457. The van der Waals surface area contributed by atoms with Gasteiger partial charge >= 0.3 is 0 Å². The quantitative estimate of drug-likeness (QED) is 0.885. The van der Waals surface area contributed by atoms with E-state index >= 15 is 0 Å². The number of halogens is 1. The maximum Gasteiger partial charge on any atom is 0.277 e. The van der Waals surface area contributed by atoms with Crippen molar-refractivity contribution in [3.63, 3.8) is 0 Å². The number of aromatic amines is 1. The molecule has 0 aliphatic heterocycles. The molecule has 0 atom stereocenters. The number of anilines is 1. The third kappa shape index (κ3) is 2.38. The first-order chi connectivity index (χ1) is 8.61. The molecule has 0 saturated heterocycles. The van der Waals surface area contributed by atoms with Gasteiger partial charge in [0.05, 0.1) is 18.5 Å². The largest absolute Gasteiger partial charge is 0.495 e. The molecule has 0 radical (unpaired) electrons. The molecule has 3 N–H and O–H groups in total. The van der Waals surface area contributed by atoms with Crippen molar-refractivity contribution in [2.24, 2.45) is 0 Å². The number of methoxy groups -OCH3 is 1. The molecular weight excluding hydrogens is 258 g/mol. The molecule has 0 aliphatic rings. The number of ether oxygens (including phenoxy) is 2. The Hall–Kier alpha value is -2.21. The van der Waals surface area contributed by atoms with Gasteiger partial charge in [-0.25, -0.2) is 4.98 Å². The predicted octanol–water partition coefficient (Wildman–Crippen LogP) is 1.81. The monoisotopic (exact) mass is 267 g/mol. The number of nitrogen functional groups attached to an aromatic ring is 1. The fraction of sp³-hybridized carbons (Fsp3) is 0.0909. The molecule has 0 unspecified atom stereocenters. The number of H-pyrrole nitrogens is 1. The van der Waals surface area contributed by atoms with Crippen LogP contribution in [0.1, 0.15) is 0 Å². The van der Waals surface area contributed by atoms with Gasteiger partial charge in [0.15, 0.2) is 5.69 Å². The summed E-state index contributed by atoms with van der Waals surface area (Å²) in [6, 6.07) is 4.80. The Balaban J connectivity index is 2.34. The zero-order valence-corrected chi connectivity index (χ0v) is 10.2. The fourth-order valence-electron chi connectivity index (χ4n) is 1.29. The van der Waals surface area contributed by atoms with E-state index in [0.29, 0.717) is 16.5 Å². The highest BCUT2D eigenvalue weighted by molar-refractivity contribution is 6.32. The van der Waals surface area contributed by atoms with Gasteiger partial charge in [0.2, 0.25) is 5.88 Å². The maximum atomic E-state index is 11.3. The van der Waals surface area contributed by atoms with Crippen molar-refractivity contribution in [2.45, 2.75) is 0 Å². The van der Waals surface area contributed by atoms with Gasteiger partial charge in [0.25, 0.3) is 5.56 Å². The SMILES string of the molecule is COc1cc(Oc2nc[nH]c(=O)c2N)ccc1Cl. The molecule has 0 bridgehead atoms. The Kier molecular flexibility index (Phi) is 3.38. The lowest BCUT2D eigenvalue weighted by Gasteiger charge is -2.08. The second-order valence-electron chi connectivity index (χ2n) is 3.35. The number of rotatable bonds is 3. The van der Waals surface area contributed by atoms with Crippen molar-refractivity contribution in [2.75, 3.05) is 12.8 Å². The molecule has 18 heavy (non-hydrogen) atoms. The van der Waals surface area contributed by atoms with Crippen LogP contribution < -0.4 is 20.8 Å². The summed E-state index contributed by atoms with van der Waals surface area (Å²) in [4.78, 5) is 17.4. The molecule has 0 amide bonds. The zero-order valence-electron chi connectivity index (χ0n) is 9.44. The predicted molar refractivity (Wildman–Crippen MR) is 67.3 cm³/mol. The molecule has 94 valence electrons.